The summed E-state index contributed by atoms with van der Waals surface area (Å²) in [5.41, 5.74) is 2.53. The van der Waals surface area contributed by atoms with Gasteiger partial charge in [0.1, 0.15) is 11.2 Å². The molecule has 1 aliphatic rings. The van der Waals surface area contributed by atoms with Crippen LogP contribution in [-0.2, 0) is 16.2 Å². The molecule has 3 aromatic rings. The maximum absolute atomic E-state index is 12.9. The highest BCUT2D eigenvalue weighted by Gasteiger charge is 2.20. The number of imidazole rings is 1. The first kappa shape index (κ1) is 35.4. The molecule has 4 rings (SSSR count). The van der Waals surface area contributed by atoms with Gasteiger partial charge in [-0.15, -0.1) is 24.8 Å². The number of halogens is 5. The van der Waals surface area contributed by atoms with E-state index in [4.69, 9.17) is 27.9 Å². The van der Waals surface area contributed by atoms with Crippen molar-refractivity contribution in [2.45, 2.75) is 64.5 Å². The highest BCUT2D eigenvalue weighted by Crippen LogP contribution is 2.35. The van der Waals surface area contributed by atoms with Crippen LogP contribution in [-0.4, -0.2) is 47.4 Å². The van der Waals surface area contributed by atoms with E-state index in [1.807, 2.05) is 29.7 Å². The number of rotatable bonds is 9. The lowest BCUT2D eigenvalue weighted by molar-refractivity contribution is -0.124. The Morgan fingerprint density at radius 3 is 2.49 bits per heavy atom. The quantitative estimate of drug-likeness (QED) is 0.252. The molecule has 2 amide bonds. The number of aryl methyl sites for hydroxylation is 1. The van der Waals surface area contributed by atoms with Gasteiger partial charge in [0.05, 0.1) is 29.5 Å². The Morgan fingerprint density at radius 1 is 1.10 bits per heavy atom. The van der Waals surface area contributed by atoms with E-state index in [9.17, 15) is 9.59 Å². The molecule has 41 heavy (non-hydrogen) atoms. The molecule has 1 saturated carbocycles. The molecule has 0 bridgehead atoms. The molecular weight excluding hydrogens is 676 g/mol. The predicted octanol–water partition coefficient (Wildman–Crippen LogP) is 6.92. The number of benzene rings is 1. The summed E-state index contributed by atoms with van der Waals surface area (Å²) in [6.07, 6.45) is 10.3. The van der Waals surface area contributed by atoms with Crippen LogP contribution in [0.5, 0.6) is 5.75 Å². The summed E-state index contributed by atoms with van der Waals surface area (Å²) < 4.78 is 8.80. The number of nitrogens with one attached hydrogen (secondary N) is 2. The van der Waals surface area contributed by atoms with Gasteiger partial charge in [-0.05, 0) is 60.0 Å². The summed E-state index contributed by atoms with van der Waals surface area (Å²) in [6.45, 7) is 2.05. The normalized spacial score (nSPS) is 13.9. The fraction of sp³-hybridized carbons (Fsp3) is 0.464. The van der Waals surface area contributed by atoms with Crippen molar-refractivity contribution < 1.29 is 14.3 Å². The van der Waals surface area contributed by atoms with Crippen LogP contribution < -0.4 is 20.3 Å². The van der Waals surface area contributed by atoms with Crippen molar-refractivity contribution in [3.05, 3.63) is 56.4 Å². The van der Waals surface area contributed by atoms with Crippen LogP contribution in [0.1, 0.15) is 56.2 Å². The first-order chi connectivity index (χ1) is 18.8. The molecule has 2 N–H and O–H groups in total. The van der Waals surface area contributed by atoms with Crippen molar-refractivity contribution in [1.82, 2.24) is 20.0 Å². The zero-order chi connectivity index (χ0) is 27.9. The highest BCUT2D eigenvalue weighted by atomic mass is 79.9. The third kappa shape index (κ3) is 9.12. The number of ether oxygens (including phenoxy) is 1. The van der Waals surface area contributed by atoms with Gasteiger partial charge in [0.2, 0.25) is 11.8 Å². The summed E-state index contributed by atoms with van der Waals surface area (Å²) in [6, 6.07) is 7.40. The van der Waals surface area contributed by atoms with Gasteiger partial charge in [0, 0.05) is 29.9 Å². The lowest BCUT2D eigenvalue weighted by Gasteiger charge is -2.22. The molecule has 0 unspecified atom stereocenters. The summed E-state index contributed by atoms with van der Waals surface area (Å²) in [5.74, 6) is 0.0713. The van der Waals surface area contributed by atoms with Crippen LogP contribution >= 0.6 is 63.9 Å². The van der Waals surface area contributed by atoms with Crippen LogP contribution in [0.3, 0.4) is 0 Å². The Balaban J connectivity index is 0.00000294. The lowest BCUT2D eigenvalue weighted by Crippen LogP contribution is -2.43. The molecule has 2 aromatic heterocycles. The van der Waals surface area contributed by atoms with Gasteiger partial charge in [-0.3, -0.25) is 14.0 Å². The summed E-state index contributed by atoms with van der Waals surface area (Å²) in [4.78, 5) is 31.3. The predicted molar refractivity (Wildman–Crippen MR) is 173 cm³/mol. The van der Waals surface area contributed by atoms with E-state index in [2.05, 4.69) is 31.5 Å². The maximum atomic E-state index is 12.9. The zero-order valence-corrected chi connectivity index (χ0v) is 27.8. The molecule has 0 aliphatic heterocycles. The second kappa shape index (κ2) is 16.8. The van der Waals surface area contributed by atoms with E-state index < -0.39 is 0 Å². The van der Waals surface area contributed by atoms with E-state index in [1.54, 1.807) is 19.2 Å². The molecule has 0 radical (unpaired) electrons. The topological polar surface area (TPSA) is 88.0 Å². The smallest absolute Gasteiger partial charge is 0.246 e. The number of amides is 2. The fourth-order valence-corrected chi connectivity index (χ4v) is 5.73. The minimum atomic E-state index is -0.298. The summed E-state index contributed by atoms with van der Waals surface area (Å²) >= 11 is 16.7. The van der Waals surface area contributed by atoms with E-state index in [-0.39, 0.29) is 56.3 Å². The van der Waals surface area contributed by atoms with Crippen molar-refractivity contribution >= 4 is 87.1 Å². The van der Waals surface area contributed by atoms with Crippen molar-refractivity contribution in [3.63, 3.8) is 0 Å². The van der Waals surface area contributed by atoms with Gasteiger partial charge in [0.15, 0.2) is 11.4 Å². The minimum Gasteiger partial charge on any atom is -0.485 e. The number of carbonyl (C=O) groups is 2. The van der Waals surface area contributed by atoms with Crippen LogP contribution in [0.4, 0.5) is 5.69 Å². The van der Waals surface area contributed by atoms with Crippen LogP contribution in [0, 0.1) is 6.92 Å². The Hall–Kier alpha value is -1.75. The first-order valence-corrected chi connectivity index (χ1v) is 14.8. The van der Waals surface area contributed by atoms with Crippen molar-refractivity contribution in [2.24, 2.45) is 0 Å². The number of aromatic nitrogens is 2. The molecule has 1 aromatic carbocycles. The van der Waals surface area contributed by atoms with Gasteiger partial charge in [-0.25, -0.2) is 4.98 Å². The molecule has 0 atom stereocenters. The van der Waals surface area contributed by atoms with Crippen molar-refractivity contribution in [3.8, 4) is 5.75 Å². The number of nitrogens with zero attached hydrogens (tertiary/aromatic N) is 3. The molecule has 0 spiro atoms. The van der Waals surface area contributed by atoms with Gasteiger partial charge < -0.3 is 20.3 Å². The van der Waals surface area contributed by atoms with Crippen LogP contribution in [0.2, 0.25) is 10.0 Å². The average molecular weight is 712 g/mol. The van der Waals surface area contributed by atoms with Gasteiger partial charge >= 0.3 is 0 Å². The summed E-state index contributed by atoms with van der Waals surface area (Å²) in [5, 5.41) is 6.79. The zero-order valence-electron chi connectivity index (χ0n) is 23.1. The summed E-state index contributed by atoms with van der Waals surface area (Å²) in [7, 11) is 1.62. The van der Waals surface area contributed by atoms with Gasteiger partial charge in [0.25, 0.3) is 0 Å². The van der Waals surface area contributed by atoms with Crippen molar-refractivity contribution in [2.75, 3.05) is 25.0 Å². The fourth-order valence-electron chi connectivity index (χ4n) is 4.75. The molecule has 1 aliphatic carbocycles. The Morgan fingerprint density at radius 2 is 1.78 bits per heavy atom. The number of pyridine rings is 1. The van der Waals surface area contributed by atoms with Crippen molar-refractivity contribution in [1.29, 1.82) is 0 Å². The molecule has 8 nitrogen and oxygen atoms in total. The maximum Gasteiger partial charge on any atom is 0.246 e. The molecule has 1 fully saturated rings. The second-order valence-electron chi connectivity index (χ2n) is 9.85. The average Bonchev–Trinajstić information content (AvgIpc) is 3.20. The Bertz CT molecular complexity index is 1330. The third-order valence-corrected chi connectivity index (χ3v) is 8.81. The van der Waals surface area contributed by atoms with E-state index in [0.29, 0.717) is 38.7 Å². The van der Waals surface area contributed by atoms with E-state index in [1.165, 1.54) is 37.0 Å². The lowest BCUT2D eigenvalue weighted by atomic mass is 9.97. The SMILES string of the molecule is Cc1nc2c(OCc3c(Cl)ccc(N(C)C(=O)CNC(=O)CNC4CCCCCCC4)c3Cl)cccn2c1Br.Cl.Cl. The minimum absolute atomic E-state index is 0. The third-order valence-electron chi connectivity index (χ3n) is 7.08. The number of fused-ring (bicyclic) bond motifs is 1. The molecule has 2 heterocycles. The van der Waals surface area contributed by atoms with Crippen LogP contribution in [0.25, 0.3) is 5.65 Å². The highest BCUT2D eigenvalue weighted by molar-refractivity contribution is 9.10. The first-order valence-electron chi connectivity index (χ1n) is 13.3. The standard InChI is InChI=1S/C28H34BrCl2N5O3.2ClH/c1-18-27(29)36-14-8-11-23(28(36)34-18)39-17-20-21(30)12-13-22(26(20)31)35(2)25(38)16-33-24(37)15-32-19-9-6-4-3-5-7-10-19;;/h8,11-14,19,32H,3-7,9-10,15-17H2,1-2H3,(H,33,37);2*1H. The monoisotopic (exact) mass is 709 g/mol. The van der Waals surface area contributed by atoms with Gasteiger partial charge in [-0.1, -0.05) is 55.3 Å². The number of carbonyl (C=O) groups excluding carboxylic acids is 2. The Kier molecular flexibility index (Phi) is 14.5. The molecule has 13 heteroatoms. The largest absolute Gasteiger partial charge is 0.485 e. The van der Waals surface area contributed by atoms with Crippen LogP contribution in [0.15, 0.2) is 35.1 Å². The molecule has 226 valence electrons. The Labute approximate surface area is 271 Å². The number of hydrogen-bond acceptors (Lipinski definition) is 5. The van der Waals surface area contributed by atoms with E-state index in [0.717, 1.165) is 23.1 Å². The second-order valence-corrected chi connectivity index (χ2v) is 11.4. The molecular formula is C28H36BrCl4N5O3. The number of anilines is 1. The van der Waals surface area contributed by atoms with E-state index >= 15 is 0 Å². The van der Waals surface area contributed by atoms with Gasteiger partial charge in [-0.2, -0.15) is 0 Å². The number of hydrogen-bond donors (Lipinski definition) is 2. The number of likely N-dealkylation sites (N-methyl/N-ethyl adjacent to an activating group) is 1. The molecule has 0 saturated heterocycles.